The van der Waals surface area contributed by atoms with Crippen molar-refractivity contribution < 1.29 is 19.2 Å². The molecule has 0 bridgehead atoms. The zero-order valence-electron chi connectivity index (χ0n) is 23.2. The van der Waals surface area contributed by atoms with Gasteiger partial charge in [-0.3, -0.25) is 19.4 Å². The first-order chi connectivity index (χ1) is 17.7. The molecule has 5 rings (SSSR count). The number of fused-ring (bicyclic) bond motifs is 1. The summed E-state index contributed by atoms with van der Waals surface area (Å²) in [6, 6.07) is 6.63. The molecular formula is C29H44N4O4. The van der Waals surface area contributed by atoms with E-state index in [1.807, 2.05) is 31.7 Å². The first-order valence-electron chi connectivity index (χ1n) is 14.2. The lowest BCUT2D eigenvalue weighted by molar-refractivity contribution is -0.117. The van der Waals surface area contributed by atoms with Crippen LogP contribution in [0, 0.1) is 0 Å². The van der Waals surface area contributed by atoms with E-state index in [-0.39, 0.29) is 35.8 Å². The van der Waals surface area contributed by atoms with Gasteiger partial charge in [0, 0.05) is 38.1 Å². The summed E-state index contributed by atoms with van der Waals surface area (Å²) < 4.78 is 5.60. The van der Waals surface area contributed by atoms with Crippen LogP contribution in [-0.4, -0.2) is 66.4 Å². The number of benzene rings is 1. The largest absolute Gasteiger partial charge is 0.446 e. The molecule has 2 amide bonds. The highest BCUT2D eigenvalue weighted by Crippen LogP contribution is 2.49. The molecule has 204 valence electrons. The number of hydroxylamine groups is 1. The molecule has 8 heteroatoms. The summed E-state index contributed by atoms with van der Waals surface area (Å²) in [5.74, 6) is 0.378. The van der Waals surface area contributed by atoms with Gasteiger partial charge in [0.2, 0.25) is 5.91 Å². The maximum Gasteiger partial charge on any atom is 0.414 e. The maximum absolute atomic E-state index is 13.1. The Hall–Kier alpha value is -2.16. The summed E-state index contributed by atoms with van der Waals surface area (Å²) in [5.41, 5.74) is 6.33. The molecule has 3 fully saturated rings. The number of anilines is 2. The van der Waals surface area contributed by atoms with Crippen LogP contribution in [0.5, 0.6) is 0 Å². The van der Waals surface area contributed by atoms with E-state index in [9.17, 15) is 9.59 Å². The molecule has 1 N–H and O–H groups in total. The van der Waals surface area contributed by atoms with Crippen LogP contribution in [-0.2, 0) is 14.4 Å². The van der Waals surface area contributed by atoms with Crippen molar-refractivity contribution in [3.63, 3.8) is 0 Å². The monoisotopic (exact) mass is 512 g/mol. The Labute approximate surface area is 221 Å². The third-order valence-electron chi connectivity index (χ3n) is 8.82. The normalized spacial score (nSPS) is 29.7. The second-order valence-electron chi connectivity index (χ2n) is 12.1. The van der Waals surface area contributed by atoms with Gasteiger partial charge in [0.1, 0.15) is 0 Å². The number of nitrogens with one attached hydrogen (secondary N) is 1. The van der Waals surface area contributed by atoms with Crippen LogP contribution in [0.15, 0.2) is 18.2 Å². The van der Waals surface area contributed by atoms with Gasteiger partial charge in [-0.15, -0.1) is 0 Å². The first-order valence-corrected chi connectivity index (χ1v) is 14.2. The van der Waals surface area contributed by atoms with Crippen molar-refractivity contribution in [3.8, 4) is 0 Å². The summed E-state index contributed by atoms with van der Waals surface area (Å²) >= 11 is 0. The fraction of sp³-hybridized carbons (Fsp3) is 0.724. The van der Waals surface area contributed by atoms with E-state index in [2.05, 4.69) is 29.4 Å². The maximum atomic E-state index is 13.1. The molecule has 4 aliphatic rings. The Morgan fingerprint density at radius 3 is 2.54 bits per heavy atom. The molecular weight excluding hydrogens is 468 g/mol. The zero-order valence-corrected chi connectivity index (χ0v) is 23.2. The van der Waals surface area contributed by atoms with Crippen molar-refractivity contribution >= 4 is 23.4 Å². The van der Waals surface area contributed by atoms with Gasteiger partial charge in [0.25, 0.3) is 0 Å². The van der Waals surface area contributed by atoms with Gasteiger partial charge >= 0.3 is 6.09 Å². The molecule has 3 aliphatic heterocycles. The summed E-state index contributed by atoms with van der Waals surface area (Å²) in [7, 11) is 0. The van der Waals surface area contributed by atoms with E-state index in [1.54, 1.807) is 11.8 Å². The molecule has 3 unspecified atom stereocenters. The lowest BCUT2D eigenvalue weighted by atomic mass is 9.77. The fourth-order valence-electron chi connectivity index (χ4n) is 7.23. The Balaban J connectivity index is 1.45. The minimum atomic E-state index is -0.346. The fourth-order valence-corrected chi connectivity index (χ4v) is 7.23. The van der Waals surface area contributed by atoms with Crippen LogP contribution < -0.4 is 15.3 Å². The molecule has 8 nitrogen and oxygen atoms in total. The Kier molecular flexibility index (Phi) is 7.53. The van der Waals surface area contributed by atoms with Crippen molar-refractivity contribution in [1.29, 1.82) is 0 Å². The number of rotatable bonds is 4. The third kappa shape index (κ3) is 5.25. The van der Waals surface area contributed by atoms with Gasteiger partial charge in [-0.05, 0) is 77.0 Å². The minimum Gasteiger partial charge on any atom is -0.446 e. The highest BCUT2D eigenvalue weighted by atomic mass is 16.7. The van der Waals surface area contributed by atoms with Crippen LogP contribution in [0.4, 0.5) is 16.2 Å². The topological polar surface area (TPSA) is 74.4 Å². The first kappa shape index (κ1) is 26.4. The standard InChI is InChI=1S/C29H44N4O4/c1-19(2)36-28(35)32-16-20(3)33(22(5)34)26-10-9-23(14-27(26)32)24-15-29(11-7-6-8-12-29)31(17-24)18-25-13-21(4)37-30-25/h9-10,14,19-21,24-25,30H,6-8,11-13,15-18H2,1-5H3/t20-,21?,24?,25?/m0/s1. The third-order valence-corrected chi connectivity index (χ3v) is 8.82. The predicted molar refractivity (Wildman–Crippen MR) is 145 cm³/mol. The van der Waals surface area contributed by atoms with Gasteiger partial charge in [-0.2, -0.15) is 5.48 Å². The lowest BCUT2D eigenvalue weighted by Gasteiger charge is -2.42. The number of likely N-dealkylation sites (tertiary alicyclic amines) is 1. The molecule has 2 saturated heterocycles. The van der Waals surface area contributed by atoms with E-state index >= 15 is 0 Å². The van der Waals surface area contributed by atoms with Crippen LogP contribution in [0.3, 0.4) is 0 Å². The number of carbonyl (C=O) groups excluding carboxylic acids is 2. The molecule has 1 aliphatic carbocycles. The van der Waals surface area contributed by atoms with Crippen molar-refractivity contribution in [2.75, 3.05) is 29.4 Å². The Bertz CT molecular complexity index is 1010. The number of hydrogen-bond donors (Lipinski definition) is 1. The smallest absolute Gasteiger partial charge is 0.414 e. The van der Waals surface area contributed by atoms with Gasteiger partial charge < -0.3 is 9.64 Å². The van der Waals surface area contributed by atoms with E-state index in [1.165, 1.54) is 37.7 Å². The highest BCUT2D eigenvalue weighted by Gasteiger charge is 2.47. The lowest BCUT2D eigenvalue weighted by Crippen LogP contribution is -2.51. The molecule has 0 radical (unpaired) electrons. The van der Waals surface area contributed by atoms with Crippen molar-refractivity contribution in [2.24, 2.45) is 0 Å². The van der Waals surface area contributed by atoms with Crippen LogP contribution in [0.1, 0.15) is 91.0 Å². The number of nitrogens with zero attached hydrogens (tertiary/aromatic N) is 3. The van der Waals surface area contributed by atoms with Gasteiger partial charge in [0.15, 0.2) is 0 Å². The molecule has 0 aromatic heterocycles. The van der Waals surface area contributed by atoms with E-state index in [4.69, 9.17) is 9.57 Å². The quantitative estimate of drug-likeness (QED) is 0.614. The molecule has 4 atom stereocenters. The van der Waals surface area contributed by atoms with Gasteiger partial charge in [-0.25, -0.2) is 4.79 Å². The molecule has 1 saturated carbocycles. The summed E-state index contributed by atoms with van der Waals surface area (Å²) in [6.07, 6.45) is 8.30. The van der Waals surface area contributed by atoms with Gasteiger partial charge in [0.05, 0.1) is 29.6 Å². The SMILES string of the molecule is CC(=O)N1c2ccc(C3CN(CC4CC(C)ON4)C4(CCCCC4)C3)cc2N(C(=O)OC(C)C)C[C@@H]1C. The predicted octanol–water partition coefficient (Wildman–Crippen LogP) is 4.97. The Morgan fingerprint density at radius 2 is 1.89 bits per heavy atom. The van der Waals surface area contributed by atoms with Crippen LogP contribution in [0.25, 0.3) is 0 Å². The summed E-state index contributed by atoms with van der Waals surface area (Å²) in [4.78, 5) is 37.6. The molecule has 1 aromatic rings. The number of carbonyl (C=O) groups is 2. The van der Waals surface area contributed by atoms with Crippen molar-refractivity contribution in [1.82, 2.24) is 10.4 Å². The molecule has 37 heavy (non-hydrogen) atoms. The average Bonchev–Trinajstić information content (AvgIpc) is 3.41. The van der Waals surface area contributed by atoms with E-state index in [0.717, 1.165) is 37.3 Å². The summed E-state index contributed by atoms with van der Waals surface area (Å²) in [5, 5.41) is 0. The van der Waals surface area contributed by atoms with E-state index < -0.39 is 0 Å². The molecule has 3 heterocycles. The number of amides is 2. The second-order valence-corrected chi connectivity index (χ2v) is 12.1. The molecule has 1 aromatic carbocycles. The number of ether oxygens (including phenoxy) is 1. The molecule has 1 spiro atoms. The number of hydrogen-bond acceptors (Lipinski definition) is 6. The average molecular weight is 513 g/mol. The van der Waals surface area contributed by atoms with Crippen LogP contribution in [0.2, 0.25) is 0 Å². The Morgan fingerprint density at radius 1 is 1.14 bits per heavy atom. The van der Waals surface area contributed by atoms with E-state index in [0.29, 0.717) is 18.5 Å². The second kappa shape index (κ2) is 10.5. The van der Waals surface area contributed by atoms with Gasteiger partial charge in [-0.1, -0.05) is 25.3 Å². The van der Waals surface area contributed by atoms with Crippen molar-refractivity contribution in [3.05, 3.63) is 23.8 Å². The highest BCUT2D eigenvalue weighted by molar-refractivity contribution is 6.02. The van der Waals surface area contributed by atoms with Crippen LogP contribution >= 0.6 is 0 Å². The minimum absolute atomic E-state index is 0.00733. The summed E-state index contributed by atoms with van der Waals surface area (Å²) in [6.45, 7) is 11.9. The zero-order chi connectivity index (χ0) is 26.3. The van der Waals surface area contributed by atoms with Crippen molar-refractivity contribution in [2.45, 2.75) is 115 Å².